The van der Waals surface area contributed by atoms with Crippen LogP contribution < -0.4 is 5.32 Å². The molecule has 0 heterocycles. The number of carbonyl (C=O) groups is 2. The van der Waals surface area contributed by atoms with Gasteiger partial charge in [-0.25, -0.2) is 0 Å². The summed E-state index contributed by atoms with van der Waals surface area (Å²) in [7, 11) is 0. The number of rotatable bonds is 14. The van der Waals surface area contributed by atoms with Crippen molar-refractivity contribution in [2.75, 3.05) is 12.3 Å². The van der Waals surface area contributed by atoms with Gasteiger partial charge in [0.05, 0.1) is 0 Å². The van der Waals surface area contributed by atoms with E-state index in [0.29, 0.717) is 31.7 Å². The van der Waals surface area contributed by atoms with E-state index in [1.54, 1.807) is 16.7 Å². The van der Waals surface area contributed by atoms with Gasteiger partial charge in [-0.3, -0.25) is 9.59 Å². The van der Waals surface area contributed by atoms with Crippen molar-refractivity contribution in [1.82, 2.24) is 10.2 Å². The first kappa shape index (κ1) is 28.0. The van der Waals surface area contributed by atoms with Gasteiger partial charge >= 0.3 is 0 Å². The number of benzene rings is 3. The van der Waals surface area contributed by atoms with Gasteiger partial charge in [-0.15, -0.1) is 0 Å². The monoisotopic (exact) mass is 566 g/mol. The average Bonchev–Trinajstić information content (AvgIpc) is 2.90. The Morgan fingerprint density at radius 3 is 2.25 bits per heavy atom. The van der Waals surface area contributed by atoms with Crippen LogP contribution in [0, 0.1) is 0 Å². The third kappa shape index (κ3) is 9.47. The number of nitrogens with zero attached hydrogens (tertiary/aromatic N) is 1. The van der Waals surface area contributed by atoms with Gasteiger partial charge < -0.3 is 10.2 Å². The molecule has 190 valence electrons. The summed E-state index contributed by atoms with van der Waals surface area (Å²) in [5.41, 5.74) is 3.28. The van der Waals surface area contributed by atoms with Gasteiger partial charge in [0.15, 0.2) is 0 Å². The summed E-state index contributed by atoms with van der Waals surface area (Å²) in [6.45, 7) is 3.11. The lowest BCUT2D eigenvalue weighted by Gasteiger charge is -2.31. The molecule has 1 N–H and O–H groups in total. The van der Waals surface area contributed by atoms with Gasteiger partial charge in [-0.1, -0.05) is 102 Å². The zero-order valence-corrected chi connectivity index (χ0v) is 23.3. The van der Waals surface area contributed by atoms with Gasteiger partial charge in [-0.2, -0.15) is 11.8 Å². The minimum atomic E-state index is -0.574. The van der Waals surface area contributed by atoms with E-state index in [1.807, 2.05) is 72.8 Å². The largest absolute Gasteiger partial charge is 0.354 e. The molecule has 3 aromatic rings. The molecular formula is C30H35BrN2O2S. The molecule has 0 aliphatic rings. The summed E-state index contributed by atoms with van der Waals surface area (Å²) in [5.74, 6) is 1.48. The molecule has 0 unspecified atom stereocenters. The summed E-state index contributed by atoms with van der Waals surface area (Å²) in [6.07, 6.45) is 2.79. The number of carbonyl (C=O) groups excluding carboxylic acids is 2. The highest BCUT2D eigenvalue weighted by molar-refractivity contribution is 9.10. The first-order valence-electron chi connectivity index (χ1n) is 12.5. The van der Waals surface area contributed by atoms with E-state index in [2.05, 4.69) is 40.3 Å². The van der Waals surface area contributed by atoms with Crippen LogP contribution in [0.4, 0.5) is 0 Å². The lowest BCUT2D eigenvalue weighted by atomic mass is 10.0. The number of hydrogen-bond donors (Lipinski definition) is 1. The van der Waals surface area contributed by atoms with E-state index in [9.17, 15) is 9.59 Å². The minimum Gasteiger partial charge on any atom is -0.354 e. The van der Waals surface area contributed by atoms with Crippen molar-refractivity contribution in [2.45, 2.75) is 50.9 Å². The Bertz CT molecular complexity index is 1080. The zero-order chi connectivity index (χ0) is 25.6. The van der Waals surface area contributed by atoms with Gasteiger partial charge in [-0.05, 0) is 35.2 Å². The standard InChI is InChI=1S/C30H35BrN2O2S/c1-2-3-18-32-30(35)28(21-24-11-6-4-7-12-24)33(22-26-15-10-16-27(31)20-26)29(34)17-19-36-23-25-13-8-5-9-14-25/h4-16,20,28H,2-3,17-19,21-23H2,1H3,(H,32,35)/t28-/m0/s1. The molecule has 4 nitrogen and oxygen atoms in total. The molecule has 0 spiro atoms. The molecule has 1 atom stereocenters. The summed E-state index contributed by atoms with van der Waals surface area (Å²) in [5, 5.41) is 3.08. The van der Waals surface area contributed by atoms with Crippen LogP contribution in [0.5, 0.6) is 0 Å². The molecule has 2 amide bonds. The fourth-order valence-corrected chi connectivity index (χ4v) is 5.30. The quantitative estimate of drug-likeness (QED) is 0.223. The van der Waals surface area contributed by atoms with Crippen LogP contribution in [-0.4, -0.2) is 35.1 Å². The smallest absolute Gasteiger partial charge is 0.243 e. The van der Waals surface area contributed by atoms with Gasteiger partial charge in [0.25, 0.3) is 0 Å². The molecule has 0 aliphatic heterocycles. The Kier molecular flexibility index (Phi) is 12.1. The second kappa shape index (κ2) is 15.5. The van der Waals surface area contributed by atoms with Crippen molar-refractivity contribution in [3.8, 4) is 0 Å². The third-order valence-electron chi connectivity index (χ3n) is 5.91. The highest BCUT2D eigenvalue weighted by Crippen LogP contribution is 2.20. The normalized spacial score (nSPS) is 11.6. The molecule has 0 saturated carbocycles. The van der Waals surface area contributed by atoms with Gasteiger partial charge in [0, 0.05) is 41.9 Å². The molecular weight excluding hydrogens is 532 g/mol. The number of hydrogen-bond acceptors (Lipinski definition) is 3. The predicted octanol–water partition coefficient (Wildman–Crippen LogP) is 6.63. The third-order valence-corrected chi connectivity index (χ3v) is 7.44. The minimum absolute atomic E-state index is 0.00195. The number of thioether (sulfide) groups is 1. The molecule has 6 heteroatoms. The van der Waals surface area contributed by atoms with Crippen LogP contribution in [-0.2, 0) is 28.3 Å². The Hall–Kier alpha value is -2.57. The summed E-state index contributed by atoms with van der Waals surface area (Å²) in [4.78, 5) is 28.8. The average molecular weight is 568 g/mol. The van der Waals surface area contributed by atoms with Crippen molar-refractivity contribution < 1.29 is 9.59 Å². The highest BCUT2D eigenvalue weighted by Gasteiger charge is 2.30. The second-order valence-corrected chi connectivity index (χ2v) is 10.8. The van der Waals surface area contributed by atoms with Crippen LogP contribution in [0.2, 0.25) is 0 Å². The maximum Gasteiger partial charge on any atom is 0.243 e. The predicted molar refractivity (Wildman–Crippen MR) is 154 cm³/mol. The maximum absolute atomic E-state index is 13.6. The number of amides is 2. The number of nitrogens with one attached hydrogen (secondary N) is 1. The molecule has 36 heavy (non-hydrogen) atoms. The highest BCUT2D eigenvalue weighted by atomic mass is 79.9. The second-order valence-electron chi connectivity index (χ2n) is 8.79. The molecule has 0 bridgehead atoms. The maximum atomic E-state index is 13.6. The van der Waals surface area contributed by atoms with Gasteiger partial charge in [0.2, 0.25) is 11.8 Å². The van der Waals surface area contributed by atoms with E-state index in [4.69, 9.17) is 0 Å². The van der Waals surface area contributed by atoms with Crippen LogP contribution in [0.15, 0.2) is 89.4 Å². The molecule has 0 aliphatic carbocycles. The fourth-order valence-electron chi connectivity index (χ4n) is 3.96. The lowest BCUT2D eigenvalue weighted by molar-refractivity contribution is -0.141. The summed E-state index contributed by atoms with van der Waals surface area (Å²) in [6, 6.07) is 27.6. The molecule has 3 rings (SSSR count). The first-order chi connectivity index (χ1) is 17.6. The number of unbranched alkanes of at least 4 members (excludes halogenated alkanes) is 1. The molecule has 3 aromatic carbocycles. The molecule has 0 radical (unpaired) electrons. The molecule has 0 aromatic heterocycles. The number of halogens is 1. The van der Waals surface area contributed by atoms with Crippen LogP contribution in [0.3, 0.4) is 0 Å². The van der Waals surface area contributed by atoms with E-state index in [-0.39, 0.29) is 11.8 Å². The topological polar surface area (TPSA) is 49.4 Å². The van der Waals surface area contributed by atoms with Crippen molar-refractivity contribution in [2.24, 2.45) is 0 Å². The molecule has 0 fully saturated rings. The lowest BCUT2D eigenvalue weighted by Crippen LogP contribution is -2.50. The van der Waals surface area contributed by atoms with Crippen molar-refractivity contribution in [3.63, 3.8) is 0 Å². The SMILES string of the molecule is CCCCNC(=O)[C@H](Cc1ccccc1)N(Cc1cccc(Br)c1)C(=O)CCSCc1ccccc1. The van der Waals surface area contributed by atoms with Crippen LogP contribution in [0.25, 0.3) is 0 Å². The Labute approximate surface area is 228 Å². The Morgan fingerprint density at radius 1 is 0.917 bits per heavy atom. The zero-order valence-electron chi connectivity index (χ0n) is 20.9. The van der Waals surface area contributed by atoms with Crippen molar-refractivity contribution >= 4 is 39.5 Å². The van der Waals surface area contributed by atoms with E-state index in [0.717, 1.165) is 34.2 Å². The summed E-state index contributed by atoms with van der Waals surface area (Å²) < 4.78 is 0.956. The van der Waals surface area contributed by atoms with Crippen molar-refractivity contribution in [3.05, 3.63) is 106 Å². The fraction of sp³-hybridized carbons (Fsp3) is 0.333. The molecule has 0 saturated heterocycles. The first-order valence-corrected chi connectivity index (χ1v) is 14.5. The van der Waals surface area contributed by atoms with E-state index in [1.165, 1.54) is 5.56 Å². The van der Waals surface area contributed by atoms with Gasteiger partial charge in [0.1, 0.15) is 6.04 Å². The Balaban J connectivity index is 1.78. The Morgan fingerprint density at radius 2 is 1.58 bits per heavy atom. The van der Waals surface area contributed by atoms with Crippen LogP contribution >= 0.6 is 27.7 Å². The summed E-state index contributed by atoms with van der Waals surface area (Å²) >= 11 is 5.28. The van der Waals surface area contributed by atoms with E-state index < -0.39 is 6.04 Å². The van der Waals surface area contributed by atoms with E-state index >= 15 is 0 Å². The van der Waals surface area contributed by atoms with Crippen LogP contribution in [0.1, 0.15) is 42.9 Å². The van der Waals surface area contributed by atoms with Crippen molar-refractivity contribution in [1.29, 1.82) is 0 Å².